The van der Waals surface area contributed by atoms with Crippen LogP contribution in [0.5, 0.6) is 0 Å². The number of nitrogens with zero attached hydrogens (tertiary/aromatic N) is 1. The van der Waals surface area contributed by atoms with Crippen LogP contribution in [0.15, 0.2) is 180 Å². The zero-order valence-corrected chi connectivity index (χ0v) is 27.0. The molecule has 0 amide bonds. The number of hydrogen-bond acceptors (Lipinski definition) is 3. The summed E-state index contributed by atoms with van der Waals surface area (Å²) in [7, 11) is 0. The molecule has 0 saturated carbocycles. The van der Waals surface area contributed by atoms with E-state index in [1.807, 2.05) is 102 Å². The molecule has 3 heteroatoms. The van der Waals surface area contributed by atoms with Gasteiger partial charge in [0, 0.05) is 42.3 Å². The average molecular weight is 648 g/mol. The number of thiophene rings is 1. The first kappa shape index (κ1) is 24.1. The van der Waals surface area contributed by atoms with Gasteiger partial charge in [-0.2, -0.15) is 0 Å². The van der Waals surface area contributed by atoms with Gasteiger partial charge in [-0.1, -0.05) is 121 Å². The topological polar surface area (TPSA) is 16.4 Å². The molecule has 0 fully saturated rings. The van der Waals surface area contributed by atoms with E-state index in [1.165, 1.54) is 0 Å². The standard InChI is InChI=1S/C46H29NOS/c1-2-11-30(12-3-1)33-14-8-15-35(29-33)47(40-19-10-20-41-45(40)39-28-25-31-13-4-5-16-37(31)46(39)48-41)34-26-23-32(24-27-34)36-18-9-22-43-44(36)38-17-6-7-21-42(38)49-43/h1-29H/i23D,24D,26D,27D. The van der Waals surface area contributed by atoms with Crippen molar-refractivity contribution in [3.8, 4) is 22.3 Å². The van der Waals surface area contributed by atoms with Gasteiger partial charge in [-0.15, -0.1) is 11.3 Å². The van der Waals surface area contributed by atoms with E-state index in [9.17, 15) is 5.48 Å². The van der Waals surface area contributed by atoms with Crippen molar-refractivity contribution in [2.75, 3.05) is 4.90 Å². The van der Waals surface area contributed by atoms with Gasteiger partial charge in [-0.25, -0.2) is 0 Å². The Morgan fingerprint density at radius 2 is 1.22 bits per heavy atom. The first-order chi connectivity index (χ1) is 26.0. The molecule has 2 aromatic heterocycles. The normalized spacial score (nSPS) is 12.8. The lowest BCUT2D eigenvalue weighted by atomic mass is 9.98. The number of furan rings is 1. The SMILES string of the molecule is [2H]c1c([2H])c(N(c2cccc(-c3ccccc3)c2)c2cccc3oc4c5ccccc5ccc4c23)c([2H])c([2H])c1-c1cccc2sc3ccccc3c12. The molecule has 0 aliphatic heterocycles. The van der Waals surface area contributed by atoms with Crippen LogP contribution >= 0.6 is 11.3 Å². The number of fused-ring (bicyclic) bond motifs is 8. The smallest absolute Gasteiger partial charge is 0.143 e. The Morgan fingerprint density at radius 3 is 2.12 bits per heavy atom. The molecular weight excluding hydrogens is 615 g/mol. The van der Waals surface area contributed by atoms with Crippen LogP contribution in [0.2, 0.25) is 0 Å². The van der Waals surface area contributed by atoms with E-state index in [2.05, 4.69) is 54.6 Å². The lowest BCUT2D eigenvalue weighted by Gasteiger charge is -2.27. The summed E-state index contributed by atoms with van der Waals surface area (Å²) in [6.07, 6.45) is 0. The minimum Gasteiger partial charge on any atom is -0.455 e. The van der Waals surface area contributed by atoms with Gasteiger partial charge in [-0.3, -0.25) is 0 Å². The molecule has 230 valence electrons. The first-order valence-corrected chi connectivity index (χ1v) is 17.1. The third-order valence-corrected chi connectivity index (χ3v) is 10.5. The van der Waals surface area contributed by atoms with Crippen molar-refractivity contribution in [1.82, 2.24) is 0 Å². The predicted molar refractivity (Wildman–Crippen MR) is 210 cm³/mol. The summed E-state index contributed by atoms with van der Waals surface area (Å²) in [4.78, 5) is 1.88. The van der Waals surface area contributed by atoms with Crippen LogP contribution in [-0.2, 0) is 0 Å². The second kappa shape index (κ2) is 11.2. The highest BCUT2D eigenvalue weighted by Gasteiger charge is 2.21. The highest BCUT2D eigenvalue weighted by Crippen LogP contribution is 2.46. The summed E-state index contributed by atoms with van der Waals surface area (Å²) in [5.74, 6) is 0. The van der Waals surface area contributed by atoms with Gasteiger partial charge >= 0.3 is 0 Å². The van der Waals surface area contributed by atoms with E-state index in [4.69, 9.17) is 4.42 Å². The Kier molecular flexibility index (Phi) is 5.51. The Morgan fingerprint density at radius 1 is 0.490 bits per heavy atom. The second-order valence-corrected chi connectivity index (χ2v) is 13.3. The molecule has 0 radical (unpaired) electrons. The molecule has 2 nitrogen and oxygen atoms in total. The highest BCUT2D eigenvalue weighted by atomic mass is 32.1. The molecule has 10 rings (SSSR count). The fourth-order valence-corrected chi connectivity index (χ4v) is 8.23. The van der Waals surface area contributed by atoms with E-state index in [-0.39, 0.29) is 35.4 Å². The summed E-state index contributed by atoms with van der Waals surface area (Å²) in [5, 5.41) is 5.77. The molecule has 49 heavy (non-hydrogen) atoms. The van der Waals surface area contributed by atoms with E-state index >= 15 is 0 Å². The Bertz CT molecular complexity index is 3050. The molecule has 8 aromatic carbocycles. The van der Waals surface area contributed by atoms with Crippen LogP contribution in [-0.4, -0.2) is 0 Å². The van der Waals surface area contributed by atoms with Gasteiger partial charge in [0.1, 0.15) is 11.2 Å². The summed E-state index contributed by atoms with van der Waals surface area (Å²) in [6, 6.07) is 49.8. The third-order valence-electron chi connectivity index (χ3n) is 9.32. The molecule has 10 aromatic rings. The fourth-order valence-electron chi connectivity index (χ4n) is 7.10. The molecule has 0 aliphatic carbocycles. The van der Waals surface area contributed by atoms with Gasteiger partial charge in [-0.05, 0) is 82.2 Å². The molecular formula is C46H29NOS. The quantitative estimate of drug-likeness (QED) is 0.185. The van der Waals surface area contributed by atoms with Crippen molar-refractivity contribution in [3.05, 3.63) is 176 Å². The highest BCUT2D eigenvalue weighted by molar-refractivity contribution is 7.25. The summed E-state index contributed by atoms with van der Waals surface area (Å²) < 4.78 is 47.2. The lowest BCUT2D eigenvalue weighted by molar-refractivity contribution is 0.672. The fraction of sp³-hybridized carbons (Fsp3) is 0. The van der Waals surface area contributed by atoms with Crippen LogP contribution in [0.1, 0.15) is 5.48 Å². The van der Waals surface area contributed by atoms with Gasteiger partial charge in [0.15, 0.2) is 0 Å². The molecule has 0 spiro atoms. The van der Waals surface area contributed by atoms with Gasteiger partial charge in [0.25, 0.3) is 0 Å². The Hall–Kier alpha value is -6.16. The predicted octanol–water partition coefficient (Wildman–Crippen LogP) is 13.9. The van der Waals surface area contributed by atoms with E-state index < -0.39 is 0 Å². The Labute approximate surface area is 293 Å². The van der Waals surface area contributed by atoms with Crippen LogP contribution < -0.4 is 4.90 Å². The largest absolute Gasteiger partial charge is 0.455 e. The van der Waals surface area contributed by atoms with E-state index in [0.717, 1.165) is 58.4 Å². The molecule has 0 unspecified atom stereocenters. The zero-order chi connectivity index (χ0) is 35.8. The molecule has 0 saturated heterocycles. The number of benzene rings is 8. The minimum atomic E-state index is -0.127. The third kappa shape index (κ3) is 4.55. The van der Waals surface area contributed by atoms with E-state index in [0.29, 0.717) is 22.5 Å². The second-order valence-electron chi connectivity index (χ2n) is 12.2. The van der Waals surface area contributed by atoms with Crippen molar-refractivity contribution in [1.29, 1.82) is 0 Å². The van der Waals surface area contributed by atoms with E-state index in [1.54, 1.807) is 11.3 Å². The van der Waals surface area contributed by atoms with Crippen molar-refractivity contribution < 1.29 is 9.90 Å². The number of rotatable bonds is 5. The van der Waals surface area contributed by atoms with Crippen molar-refractivity contribution in [2.24, 2.45) is 0 Å². The van der Waals surface area contributed by atoms with Crippen molar-refractivity contribution in [2.45, 2.75) is 0 Å². The molecule has 2 heterocycles. The van der Waals surface area contributed by atoms with Crippen LogP contribution in [0, 0.1) is 0 Å². The maximum absolute atomic E-state index is 9.69. The Balaban J connectivity index is 1.27. The van der Waals surface area contributed by atoms with Crippen LogP contribution in [0.3, 0.4) is 0 Å². The summed E-state index contributed by atoms with van der Waals surface area (Å²) in [6.45, 7) is 0. The summed E-state index contributed by atoms with van der Waals surface area (Å²) in [5.41, 5.74) is 5.96. The zero-order valence-electron chi connectivity index (χ0n) is 30.2. The number of hydrogen-bond donors (Lipinski definition) is 0. The maximum Gasteiger partial charge on any atom is 0.143 e. The van der Waals surface area contributed by atoms with Gasteiger partial charge in [0.2, 0.25) is 0 Å². The minimum absolute atomic E-state index is 0.0942. The maximum atomic E-state index is 9.69. The lowest BCUT2D eigenvalue weighted by Crippen LogP contribution is -2.10. The van der Waals surface area contributed by atoms with Gasteiger partial charge < -0.3 is 9.32 Å². The molecule has 0 bridgehead atoms. The molecule has 0 aliphatic rings. The first-order valence-electron chi connectivity index (χ1n) is 18.3. The van der Waals surface area contributed by atoms with Crippen LogP contribution in [0.4, 0.5) is 17.1 Å². The van der Waals surface area contributed by atoms with Crippen LogP contribution in [0.25, 0.3) is 75.1 Å². The average Bonchev–Trinajstić information content (AvgIpc) is 3.79. The summed E-state index contributed by atoms with van der Waals surface area (Å²) >= 11 is 1.66. The number of anilines is 3. The molecule has 0 atom stereocenters. The van der Waals surface area contributed by atoms with Crippen molar-refractivity contribution >= 4 is 81.3 Å². The molecule has 0 N–H and O–H groups in total. The van der Waals surface area contributed by atoms with Crippen molar-refractivity contribution in [3.63, 3.8) is 0 Å². The van der Waals surface area contributed by atoms with Gasteiger partial charge in [0.05, 0.1) is 16.6 Å². The monoisotopic (exact) mass is 647 g/mol.